The molecule has 18 heavy (non-hydrogen) atoms. The molecule has 0 saturated carbocycles. The predicted octanol–water partition coefficient (Wildman–Crippen LogP) is 2.78. The fourth-order valence-corrected chi connectivity index (χ4v) is 2.03. The van der Waals surface area contributed by atoms with Gasteiger partial charge >= 0.3 is 0 Å². The van der Waals surface area contributed by atoms with Crippen molar-refractivity contribution in [1.29, 1.82) is 0 Å². The standard InChI is InChI=1S/C11H11BrF2N4/c1-6-16-17-10(18(6)2)5-15-11-8(12)3-7(13)4-9(11)14/h3-4,15H,5H2,1-2H3. The van der Waals surface area contributed by atoms with Crippen molar-refractivity contribution < 1.29 is 8.78 Å². The van der Waals surface area contributed by atoms with Gasteiger partial charge in [-0.3, -0.25) is 0 Å². The third kappa shape index (κ3) is 2.50. The SMILES string of the molecule is Cc1nnc(CNc2c(F)cc(F)cc2Br)n1C. The molecule has 0 unspecified atom stereocenters. The number of aryl methyl sites for hydroxylation is 1. The average molecular weight is 317 g/mol. The molecule has 0 aliphatic rings. The van der Waals surface area contributed by atoms with Crippen molar-refractivity contribution in [1.82, 2.24) is 14.8 Å². The summed E-state index contributed by atoms with van der Waals surface area (Å²) in [6.45, 7) is 2.13. The van der Waals surface area contributed by atoms with E-state index in [4.69, 9.17) is 0 Å². The molecule has 0 radical (unpaired) electrons. The molecule has 1 N–H and O–H groups in total. The fourth-order valence-electron chi connectivity index (χ4n) is 1.48. The molecule has 2 aromatic rings. The molecule has 1 aromatic heterocycles. The summed E-state index contributed by atoms with van der Waals surface area (Å²) in [6.07, 6.45) is 0. The van der Waals surface area contributed by atoms with Gasteiger partial charge in [-0.25, -0.2) is 8.78 Å². The number of benzene rings is 1. The molecule has 0 saturated heterocycles. The van der Waals surface area contributed by atoms with Crippen LogP contribution < -0.4 is 5.32 Å². The molecule has 0 amide bonds. The van der Waals surface area contributed by atoms with Gasteiger partial charge < -0.3 is 9.88 Å². The zero-order valence-electron chi connectivity index (χ0n) is 9.84. The summed E-state index contributed by atoms with van der Waals surface area (Å²) in [5.41, 5.74) is 0.206. The van der Waals surface area contributed by atoms with E-state index in [1.165, 1.54) is 6.07 Å². The van der Waals surface area contributed by atoms with E-state index < -0.39 is 11.6 Å². The first kappa shape index (κ1) is 12.9. The Morgan fingerprint density at radius 1 is 1.33 bits per heavy atom. The molecule has 0 atom stereocenters. The van der Waals surface area contributed by atoms with E-state index >= 15 is 0 Å². The van der Waals surface area contributed by atoms with Crippen molar-refractivity contribution in [3.8, 4) is 0 Å². The van der Waals surface area contributed by atoms with Gasteiger partial charge in [0.1, 0.15) is 17.5 Å². The summed E-state index contributed by atoms with van der Waals surface area (Å²) in [6, 6.07) is 2.03. The van der Waals surface area contributed by atoms with Gasteiger partial charge in [0, 0.05) is 17.6 Å². The molecular weight excluding hydrogens is 306 g/mol. The molecule has 96 valence electrons. The van der Waals surface area contributed by atoms with Crippen LogP contribution in [-0.2, 0) is 13.6 Å². The Kier molecular flexibility index (Phi) is 3.60. The predicted molar refractivity (Wildman–Crippen MR) is 67.1 cm³/mol. The van der Waals surface area contributed by atoms with E-state index in [1.54, 1.807) is 4.57 Å². The molecule has 0 fully saturated rings. The molecule has 7 heteroatoms. The van der Waals surface area contributed by atoms with E-state index in [1.807, 2.05) is 14.0 Å². The molecule has 2 rings (SSSR count). The summed E-state index contributed by atoms with van der Waals surface area (Å²) in [7, 11) is 1.82. The van der Waals surface area contributed by atoms with Crippen LogP contribution >= 0.6 is 15.9 Å². The monoisotopic (exact) mass is 316 g/mol. The minimum Gasteiger partial charge on any atom is -0.374 e. The summed E-state index contributed by atoms with van der Waals surface area (Å²) < 4.78 is 28.6. The maximum absolute atomic E-state index is 13.5. The van der Waals surface area contributed by atoms with E-state index in [9.17, 15) is 8.78 Å². The normalized spacial score (nSPS) is 10.7. The Balaban J connectivity index is 2.18. The highest BCUT2D eigenvalue weighted by atomic mass is 79.9. The summed E-state index contributed by atoms with van der Waals surface area (Å²) >= 11 is 3.11. The van der Waals surface area contributed by atoms with Crippen LogP contribution in [0.5, 0.6) is 0 Å². The fraction of sp³-hybridized carbons (Fsp3) is 0.273. The number of nitrogens with one attached hydrogen (secondary N) is 1. The molecule has 0 spiro atoms. The Morgan fingerprint density at radius 3 is 2.61 bits per heavy atom. The van der Waals surface area contributed by atoms with Crippen molar-refractivity contribution in [2.45, 2.75) is 13.5 Å². The van der Waals surface area contributed by atoms with Gasteiger partial charge in [-0.15, -0.1) is 10.2 Å². The van der Waals surface area contributed by atoms with E-state index in [-0.39, 0.29) is 5.69 Å². The maximum Gasteiger partial charge on any atom is 0.152 e. The molecule has 1 aromatic carbocycles. The van der Waals surface area contributed by atoms with Gasteiger partial charge in [-0.1, -0.05) is 0 Å². The number of hydrogen-bond acceptors (Lipinski definition) is 3. The van der Waals surface area contributed by atoms with Crippen LogP contribution in [-0.4, -0.2) is 14.8 Å². The van der Waals surface area contributed by atoms with Crippen LogP contribution in [0.25, 0.3) is 0 Å². The Bertz CT molecular complexity index is 559. The molecule has 1 heterocycles. The third-order valence-corrected chi connectivity index (χ3v) is 3.24. The number of aromatic nitrogens is 3. The minimum absolute atomic E-state index is 0.206. The highest BCUT2D eigenvalue weighted by molar-refractivity contribution is 9.10. The van der Waals surface area contributed by atoms with E-state index in [0.29, 0.717) is 16.8 Å². The molecule has 4 nitrogen and oxygen atoms in total. The van der Waals surface area contributed by atoms with Crippen LogP contribution in [0.1, 0.15) is 11.6 Å². The zero-order valence-corrected chi connectivity index (χ0v) is 11.4. The zero-order chi connectivity index (χ0) is 13.3. The van der Waals surface area contributed by atoms with Crippen molar-refractivity contribution >= 4 is 21.6 Å². The average Bonchev–Trinajstić information content (AvgIpc) is 2.59. The van der Waals surface area contributed by atoms with Crippen LogP contribution in [0.2, 0.25) is 0 Å². The van der Waals surface area contributed by atoms with Crippen molar-refractivity contribution in [3.63, 3.8) is 0 Å². The second-order valence-corrected chi connectivity index (χ2v) is 4.67. The topological polar surface area (TPSA) is 42.7 Å². The molecular formula is C11H11BrF2N4. The number of halogens is 3. The highest BCUT2D eigenvalue weighted by Gasteiger charge is 2.11. The van der Waals surface area contributed by atoms with Gasteiger partial charge in [0.15, 0.2) is 5.82 Å². The van der Waals surface area contributed by atoms with Crippen molar-refractivity contribution in [3.05, 3.63) is 39.9 Å². The lowest BCUT2D eigenvalue weighted by molar-refractivity contribution is 0.583. The lowest BCUT2D eigenvalue weighted by Gasteiger charge is -2.09. The second kappa shape index (κ2) is 5.01. The van der Waals surface area contributed by atoms with Gasteiger partial charge in [-0.05, 0) is 28.9 Å². The Morgan fingerprint density at radius 2 is 2.06 bits per heavy atom. The minimum atomic E-state index is -0.652. The smallest absolute Gasteiger partial charge is 0.152 e. The molecule has 0 aliphatic carbocycles. The molecule has 0 aliphatic heterocycles. The number of anilines is 1. The van der Waals surface area contributed by atoms with E-state index in [0.717, 1.165) is 11.9 Å². The first-order chi connectivity index (χ1) is 8.49. The van der Waals surface area contributed by atoms with Crippen LogP contribution in [0.15, 0.2) is 16.6 Å². The quantitative estimate of drug-likeness (QED) is 0.946. The van der Waals surface area contributed by atoms with Crippen LogP contribution in [0.3, 0.4) is 0 Å². The summed E-state index contributed by atoms with van der Waals surface area (Å²) in [5, 5.41) is 10.7. The summed E-state index contributed by atoms with van der Waals surface area (Å²) in [5.74, 6) is 0.161. The first-order valence-corrected chi connectivity index (χ1v) is 6.01. The number of rotatable bonds is 3. The summed E-state index contributed by atoms with van der Waals surface area (Å²) in [4.78, 5) is 0. The van der Waals surface area contributed by atoms with Crippen molar-refractivity contribution in [2.24, 2.45) is 7.05 Å². The van der Waals surface area contributed by atoms with Crippen molar-refractivity contribution in [2.75, 3.05) is 5.32 Å². The lowest BCUT2D eigenvalue weighted by atomic mass is 10.3. The number of hydrogen-bond donors (Lipinski definition) is 1. The number of nitrogens with zero attached hydrogens (tertiary/aromatic N) is 3. The molecule has 0 bridgehead atoms. The third-order valence-electron chi connectivity index (χ3n) is 2.61. The van der Waals surface area contributed by atoms with Gasteiger partial charge in [0.2, 0.25) is 0 Å². The van der Waals surface area contributed by atoms with Gasteiger partial charge in [0.25, 0.3) is 0 Å². The van der Waals surface area contributed by atoms with E-state index in [2.05, 4.69) is 31.4 Å². The Labute approximate surface area is 111 Å². The van der Waals surface area contributed by atoms with Gasteiger partial charge in [-0.2, -0.15) is 0 Å². The lowest BCUT2D eigenvalue weighted by Crippen LogP contribution is -2.08. The Hall–Kier alpha value is -1.50. The van der Waals surface area contributed by atoms with Crippen LogP contribution in [0, 0.1) is 18.6 Å². The largest absolute Gasteiger partial charge is 0.374 e. The van der Waals surface area contributed by atoms with Crippen LogP contribution in [0.4, 0.5) is 14.5 Å². The first-order valence-electron chi connectivity index (χ1n) is 5.22. The van der Waals surface area contributed by atoms with Gasteiger partial charge in [0.05, 0.1) is 12.2 Å². The second-order valence-electron chi connectivity index (χ2n) is 3.82. The highest BCUT2D eigenvalue weighted by Crippen LogP contribution is 2.27. The maximum atomic E-state index is 13.5.